The monoisotopic (exact) mass is 309 g/mol. The van der Waals surface area contributed by atoms with E-state index >= 15 is 0 Å². The van der Waals surface area contributed by atoms with Gasteiger partial charge in [-0.25, -0.2) is 9.97 Å². The highest BCUT2D eigenvalue weighted by Gasteiger charge is 2.13. The Morgan fingerprint density at radius 1 is 1.22 bits per heavy atom. The maximum absolute atomic E-state index is 5.69. The molecule has 0 saturated carbocycles. The Morgan fingerprint density at radius 3 is 2.56 bits per heavy atom. The summed E-state index contributed by atoms with van der Waals surface area (Å²) in [6.07, 6.45) is 1.71. The third-order valence-corrected chi connectivity index (χ3v) is 3.56. The number of hydrogen-bond acceptors (Lipinski definition) is 4. The third kappa shape index (κ3) is 2.41. The van der Waals surface area contributed by atoms with Gasteiger partial charge in [0.25, 0.3) is 0 Å². The molecular formula is C13H16BrN3O. The van der Waals surface area contributed by atoms with Crippen molar-refractivity contribution in [3.8, 4) is 11.6 Å². The van der Waals surface area contributed by atoms with Crippen molar-refractivity contribution in [2.45, 2.75) is 26.7 Å². The Balaban J connectivity index is 2.50. The molecule has 0 aliphatic heterocycles. The van der Waals surface area contributed by atoms with Crippen LogP contribution in [0.3, 0.4) is 0 Å². The molecule has 0 spiro atoms. The number of nitrogens with one attached hydrogen (secondary N) is 1. The first kappa shape index (κ1) is 13.1. The number of rotatable bonds is 4. The van der Waals surface area contributed by atoms with Gasteiger partial charge >= 0.3 is 0 Å². The number of anilines is 1. The zero-order valence-electron chi connectivity index (χ0n) is 10.7. The molecule has 0 bridgehead atoms. The first-order valence-electron chi connectivity index (χ1n) is 6.02. The lowest BCUT2D eigenvalue weighted by Crippen LogP contribution is -2.02. The molecular weight excluding hydrogens is 294 g/mol. The SMILES string of the molecule is CCc1ccc(-c2nc(CC)c(Br)c(NC)n2)o1. The van der Waals surface area contributed by atoms with Gasteiger partial charge in [0.05, 0.1) is 10.2 Å². The molecule has 0 amide bonds. The van der Waals surface area contributed by atoms with Crippen molar-refractivity contribution < 1.29 is 4.42 Å². The van der Waals surface area contributed by atoms with E-state index in [0.29, 0.717) is 11.6 Å². The molecule has 4 nitrogen and oxygen atoms in total. The highest BCUT2D eigenvalue weighted by molar-refractivity contribution is 9.10. The summed E-state index contributed by atoms with van der Waals surface area (Å²) >= 11 is 3.51. The smallest absolute Gasteiger partial charge is 0.197 e. The number of aromatic nitrogens is 2. The molecule has 0 aliphatic carbocycles. The zero-order valence-corrected chi connectivity index (χ0v) is 12.3. The van der Waals surface area contributed by atoms with Crippen LogP contribution in [0.1, 0.15) is 25.3 Å². The second-order valence-corrected chi connectivity index (χ2v) is 4.67. The highest BCUT2D eigenvalue weighted by atomic mass is 79.9. The van der Waals surface area contributed by atoms with Gasteiger partial charge in [-0.05, 0) is 34.5 Å². The Kier molecular flexibility index (Phi) is 4.01. The highest BCUT2D eigenvalue weighted by Crippen LogP contribution is 2.28. The number of hydrogen-bond donors (Lipinski definition) is 1. The molecule has 0 aromatic carbocycles. The van der Waals surface area contributed by atoms with Gasteiger partial charge in [0, 0.05) is 13.5 Å². The van der Waals surface area contributed by atoms with E-state index in [1.807, 2.05) is 19.2 Å². The Morgan fingerprint density at radius 2 is 2.00 bits per heavy atom. The van der Waals surface area contributed by atoms with Crippen LogP contribution >= 0.6 is 15.9 Å². The molecule has 0 fully saturated rings. The summed E-state index contributed by atoms with van der Waals surface area (Å²) in [4.78, 5) is 8.98. The third-order valence-electron chi connectivity index (χ3n) is 2.72. The van der Waals surface area contributed by atoms with Crippen molar-refractivity contribution in [2.75, 3.05) is 12.4 Å². The van der Waals surface area contributed by atoms with E-state index < -0.39 is 0 Å². The van der Waals surface area contributed by atoms with Crippen LogP contribution in [0.25, 0.3) is 11.6 Å². The molecule has 18 heavy (non-hydrogen) atoms. The fraction of sp³-hybridized carbons (Fsp3) is 0.385. The minimum absolute atomic E-state index is 0.624. The van der Waals surface area contributed by atoms with E-state index in [1.54, 1.807) is 0 Å². The van der Waals surface area contributed by atoms with Crippen LogP contribution in [0.5, 0.6) is 0 Å². The molecule has 2 rings (SSSR count). The maximum atomic E-state index is 5.69. The molecule has 0 atom stereocenters. The van der Waals surface area contributed by atoms with E-state index in [9.17, 15) is 0 Å². The summed E-state index contributed by atoms with van der Waals surface area (Å²) < 4.78 is 6.60. The predicted molar refractivity (Wildman–Crippen MR) is 75.7 cm³/mol. The molecule has 0 saturated heterocycles. The minimum Gasteiger partial charge on any atom is -0.458 e. The van der Waals surface area contributed by atoms with Crippen molar-refractivity contribution in [1.82, 2.24) is 9.97 Å². The number of furan rings is 1. The standard InChI is InChI=1S/C13H16BrN3O/c1-4-8-6-7-10(18-8)12-16-9(5-2)11(14)13(15-3)17-12/h6-7H,4-5H2,1-3H3,(H,15,16,17). The fourth-order valence-electron chi connectivity index (χ4n) is 1.69. The molecule has 2 heterocycles. The molecule has 5 heteroatoms. The average molecular weight is 310 g/mol. The molecule has 2 aromatic heterocycles. The van der Waals surface area contributed by atoms with E-state index in [-0.39, 0.29) is 0 Å². The Hall–Kier alpha value is -1.36. The summed E-state index contributed by atoms with van der Waals surface area (Å²) in [5.74, 6) is 3.07. The summed E-state index contributed by atoms with van der Waals surface area (Å²) in [5, 5.41) is 3.06. The van der Waals surface area contributed by atoms with Gasteiger partial charge in [0.2, 0.25) is 0 Å². The predicted octanol–water partition coefficient (Wildman–Crippen LogP) is 3.67. The van der Waals surface area contributed by atoms with Crippen LogP contribution in [0, 0.1) is 0 Å². The normalized spacial score (nSPS) is 10.7. The largest absolute Gasteiger partial charge is 0.458 e. The summed E-state index contributed by atoms with van der Waals surface area (Å²) in [7, 11) is 1.84. The van der Waals surface area contributed by atoms with E-state index in [1.165, 1.54) is 0 Å². The van der Waals surface area contributed by atoms with Crippen LogP contribution < -0.4 is 5.32 Å². The van der Waals surface area contributed by atoms with Gasteiger partial charge < -0.3 is 9.73 Å². The van der Waals surface area contributed by atoms with Crippen molar-refractivity contribution in [3.63, 3.8) is 0 Å². The van der Waals surface area contributed by atoms with Crippen molar-refractivity contribution >= 4 is 21.7 Å². The first-order chi connectivity index (χ1) is 8.69. The summed E-state index contributed by atoms with van der Waals surface area (Å²) in [6.45, 7) is 4.12. The van der Waals surface area contributed by atoms with Gasteiger partial charge in [0.1, 0.15) is 11.6 Å². The molecule has 0 radical (unpaired) electrons. The molecule has 2 aromatic rings. The van der Waals surface area contributed by atoms with Gasteiger partial charge in [-0.15, -0.1) is 0 Å². The second-order valence-electron chi connectivity index (χ2n) is 3.88. The second kappa shape index (κ2) is 5.52. The van der Waals surface area contributed by atoms with E-state index in [2.05, 4.69) is 45.1 Å². The number of aryl methyl sites for hydroxylation is 2. The van der Waals surface area contributed by atoms with Crippen LogP contribution in [-0.2, 0) is 12.8 Å². The fourth-order valence-corrected chi connectivity index (χ4v) is 2.35. The quantitative estimate of drug-likeness (QED) is 0.936. The molecule has 96 valence electrons. The Bertz CT molecular complexity index is 526. The summed E-state index contributed by atoms with van der Waals surface area (Å²) in [6, 6.07) is 3.88. The van der Waals surface area contributed by atoms with Crippen LogP contribution in [0.2, 0.25) is 0 Å². The van der Waals surface area contributed by atoms with Gasteiger partial charge in [0.15, 0.2) is 11.6 Å². The van der Waals surface area contributed by atoms with Gasteiger partial charge in [-0.1, -0.05) is 13.8 Å². The van der Waals surface area contributed by atoms with E-state index in [4.69, 9.17) is 4.42 Å². The van der Waals surface area contributed by atoms with Crippen LogP contribution in [0.15, 0.2) is 21.0 Å². The molecule has 0 unspecified atom stereocenters. The zero-order chi connectivity index (χ0) is 13.1. The summed E-state index contributed by atoms with van der Waals surface area (Å²) in [5.41, 5.74) is 0.971. The first-order valence-corrected chi connectivity index (χ1v) is 6.82. The lowest BCUT2D eigenvalue weighted by Gasteiger charge is -2.08. The van der Waals surface area contributed by atoms with E-state index in [0.717, 1.165) is 34.6 Å². The Labute approximate surface area is 115 Å². The van der Waals surface area contributed by atoms with Crippen molar-refractivity contribution in [1.29, 1.82) is 0 Å². The van der Waals surface area contributed by atoms with Crippen LogP contribution in [-0.4, -0.2) is 17.0 Å². The van der Waals surface area contributed by atoms with Gasteiger partial charge in [-0.3, -0.25) is 0 Å². The van der Waals surface area contributed by atoms with Crippen molar-refractivity contribution in [3.05, 3.63) is 28.1 Å². The maximum Gasteiger partial charge on any atom is 0.197 e. The average Bonchev–Trinajstić information content (AvgIpc) is 2.88. The minimum atomic E-state index is 0.624. The number of halogens is 1. The topological polar surface area (TPSA) is 51.0 Å². The lowest BCUT2D eigenvalue weighted by atomic mass is 10.3. The lowest BCUT2D eigenvalue weighted by molar-refractivity contribution is 0.525. The molecule has 0 aliphatic rings. The molecule has 1 N–H and O–H groups in total. The van der Waals surface area contributed by atoms with Gasteiger partial charge in [-0.2, -0.15) is 0 Å². The number of nitrogens with zero attached hydrogens (tertiary/aromatic N) is 2. The van der Waals surface area contributed by atoms with Crippen molar-refractivity contribution in [2.24, 2.45) is 0 Å². The van der Waals surface area contributed by atoms with Crippen LogP contribution in [0.4, 0.5) is 5.82 Å².